The number of ether oxygens (including phenoxy) is 3. The molecule has 4 rings (SSSR count). The van der Waals surface area contributed by atoms with Gasteiger partial charge in [-0.2, -0.15) is 0 Å². The van der Waals surface area contributed by atoms with Gasteiger partial charge in [-0.1, -0.05) is 12.1 Å². The van der Waals surface area contributed by atoms with Crippen LogP contribution in [0.3, 0.4) is 0 Å². The molecule has 0 saturated heterocycles. The maximum Gasteiger partial charge on any atom is 0.203 e. The third kappa shape index (κ3) is 2.49. The molecule has 0 N–H and O–H groups in total. The minimum Gasteiger partial charge on any atom is -0.493 e. The van der Waals surface area contributed by atoms with Gasteiger partial charge in [-0.15, -0.1) is 0 Å². The molecular weight excluding hydrogens is 326 g/mol. The summed E-state index contributed by atoms with van der Waals surface area (Å²) in [6.45, 7) is 2.07. The van der Waals surface area contributed by atoms with Crippen molar-refractivity contribution >= 4 is 0 Å². The van der Waals surface area contributed by atoms with Crippen molar-refractivity contribution in [2.45, 2.75) is 13.3 Å². The number of pyridine rings is 1. The Morgan fingerprint density at radius 1 is 0.808 bits per heavy atom. The molecule has 1 aliphatic carbocycles. The highest BCUT2D eigenvalue weighted by atomic mass is 16.5. The molecule has 4 nitrogen and oxygen atoms in total. The summed E-state index contributed by atoms with van der Waals surface area (Å²) in [4.78, 5) is 4.43. The van der Waals surface area contributed by atoms with E-state index in [1.165, 1.54) is 22.3 Å². The van der Waals surface area contributed by atoms with Crippen LogP contribution >= 0.6 is 0 Å². The predicted octanol–water partition coefficient (Wildman–Crippen LogP) is 4.65. The highest BCUT2D eigenvalue weighted by Crippen LogP contribution is 2.43. The van der Waals surface area contributed by atoms with Crippen LogP contribution in [0.1, 0.15) is 16.8 Å². The fourth-order valence-electron chi connectivity index (χ4n) is 3.67. The second kappa shape index (κ2) is 6.37. The molecule has 0 spiro atoms. The van der Waals surface area contributed by atoms with E-state index < -0.39 is 0 Å². The maximum atomic E-state index is 5.49. The predicted molar refractivity (Wildman–Crippen MR) is 102 cm³/mol. The van der Waals surface area contributed by atoms with Gasteiger partial charge in [0.2, 0.25) is 5.75 Å². The first-order chi connectivity index (χ1) is 12.7. The molecule has 132 valence electrons. The van der Waals surface area contributed by atoms with Gasteiger partial charge < -0.3 is 14.2 Å². The molecule has 1 heterocycles. The molecule has 0 atom stereocenters. The Kier molecular flexibility index (Phi) is 4.03. The van der Waals surface area contributed by atoms with E-state index in [2.05, 4.69) is 36.2 Å². The zero-order valence-corrected chi connectivity index (χ0v) is 15.4. The number of nitrogens with zero attached hydrogens (tertiary/aromatic N) is 1. The van der Waals surface area contributed by atoms with Gasteiger partial charge in [-0.05, 0) is 64.6 Å². The Hall–Kier alpha value is -3.01. The van der Waals surface area contributed by atoms with Crippen LogP contribution in [0.5, 0.6) is 17.2 Å². The Morgan fingerprint density at radius 2 is 1.54 bits per heavy atom. The van der Waals surface area contributed by atoms with Crippen LogP contribution in [0.15, 0.2) is 42.6 Å². The van der Waals surface area contributed by atoms with Crippen molar-refractivity contribution in [3.63, 3.8) is 0 Å². The average Bonchev–Trinajstić information content (AvgIpc) is 3.06. The Bertz CT molecular complexity index is 970. The molecule has 26 heavy (non-hydrogen) atoms. The minimum absolute atomic E-state index is 0.604. The van der Waals surface area contributed by atoms with Crippen molar-refractivity contribution in [2.24, 2.45) is 0 Å². The quantitative estimate of drug-likeness (QED) is 0.539. The fourth-order valence-corrected chi connectivity index (χ4v) is 3.67. The van der Waals surface area contributed by atoms with E-state index in [1.54, 1.807) is 21.3 Å². The van der Waals surface area contributed by atoms with Crippen molar-refractivity contribution in [3.05, 3.63) is 59.4 Å². The molecule has 0 aliphatic heterocycles. The van der Waals surface area contributed by atoms with Gasteiger partial charge in [0.15, 0.2) is 11.5 Å². The molecule has 0 bridgehead atoms. The summed E-state index contributed by atoms with van der Waals surface area (Å²) < 4.78 is 16.4. The number of hydrogen-bond donors (Lipinski definition) is 0. The lowest BCUT2D eigenvalue weighted by Crippen LogP contribution is -1.95. The molecule has 1 aromatic heterocycles. The van der Waals surface area contributed by atoms with Crippen molar-refractivity contribution in [1.29, 1.82) is 0 Å². The number of hydrogen-bond acceptors (Lipinski definition) is 4. The lowest BCUT2D eigenvalue weighted by molar-refractivity contribution is 0.324. The van der Waals surface area contributed by atoms with Gasteiger partial charge in [0.05, 0.1) is 21.3 Å². The highest BCUT2D eigenvalue weighted by Gasteiger charge is 2.21. The van der Waals surface area contributed by atoms with Gasteiger partial charge in [0.1, 0.15) is 0 Å². The summed E-state index contributed by atoms with van der Waals surface area (Å²) in [6.07, 6.45) is 2.83. The second-order valence-electron chi connectivity index (χ2n) is 6.39. The number of rotatable bonds is 4. The summed E-state index contributed by atoms with van der Waals surface area (Å²) in [6, 6.07) is 12.7. The van der Waals surface area contributed by atoms with E-state index in [0.29, 0.717) is 17.2 Å². The number of benzene rings is 2. The van der Waals surface area contributed by atoms with E-state index in [9.17, 15) is 0 Å². The van der Waals surface area contributed by atoms with E-state index in [4.69, 9.17) is 14.2 Å². The Labute approximate surface area is 153 Å². The van der Waals surface area contributed by atoms with Gasteiger partial charge in [0.25, 0.3) is 0 Å². The summed E-state index contributed by atoms with van der Waals surface area (Å²) in [5, 5.41) is 0. The number of aromatic nitrogens is 1. The van der Waals surface area contributed by atoms with Crippen molar-refractivity contribution < 1.29 is 14.2 Å². The first kappa shape index (κ1) is 16.5. The molecule has 4 heteroatoms. The molecule has 3 aromatic rings. The van der Waals surface area contributed by atoms with E-state index in [0.717, 1.165) is 23.2 Å². The molecule has 0 amide bonds. The number of fused-ring (bicyclic) bond motifs is 3. The van der Waals surface area contributed by atoms with Crippen molar-refractivity contribution in [1.82, 2.24) is 4.98 Å². The summed E-state index contributed by atoms with van der Waals surface area (Å²) in [5.41, 5.74) is 8.47. The Morgan fingerprint density at radius 3 is 2.19 bits per heavy atom. The lowest BCUT2D eigenvalue weighted by Gasteiger charge is -2.15. The van der Waals surface area contributed by atoms with Gasteiger partial charge in [-0.3, -0.25) is 4.98 Å². The van der Waals surface area contributed by atoms with Gasteiger partial charge in [0, 0.05) is 18.3 Å². The normalized spacial score (nSPS) is 11.7. The number of methoxy groups -OCH3 is 3. The summed E-state index contributed by atoms with van der Waals surface area (Å²) >= 11 is 0. The van der Waals surface area contributed by atoms with Crippen LogP contribution in [0.25, 0.3) is 22.3 Å². The number of aryl methyl sites for hydroxylation is 1. The molecule has 0 saturated carbocycles. The standard InChI is InChI=1S/C22H21NO3/c1-13-18-10-15-6-5-14(9-19(15)17(18)7-8-23-13)16-11-20(24-2)22(26-4)21(12-16)25-3/h5-9,11-12H,10H2,1-4H3. The monoisotopic (exact) mass is 347 g/mol. The van der Waals surface area contributed by atoms with Crippen molar-refractivity contribution in [3.8, 4) is 39.5 Å². The van der Waals surface area contributed by atoms with Crippen LogP contribution in [0, 0.1) is 6.92 Å². The smallest absolute Gasteiger partial charge is 0.203 e. The Balaban J connectivity index is 1.86. The third-order valence-corrected chi connectivity index (χ3v) is 5.04. The van der Waals surface area contributed by atoms with Crippen LogP contribution in [-0.4, -0.2) is 26.3 Å². The van der Waals surface area contributed by atoms with E-state index in [1.807, 2.05) is 18.3 Å². The highest BCUT2D eigenvalue weighted by molar-refractivity contribution is 5.82. The molecule has 0 fully saturated rings. The third-order valence-electron chi connectivity index (χ3n) is 5.04. The van der Waals surface area contributed by atoms with Crippen LogP contribution in [0.2, 0.25) is 0 Å². The van der Waals surface area contributed by atoms with Crippen LogP contribution in [-0.2, 0) is 6.42 Å². The zero-order valence-electron chi connectivity index (χ0n) is 15.4. The second-order valence-corrected chi connectivity index (χ2v) is 6.39. The maximum absolute atomic E-state index is 5.49. The van der Waals surface area contributed by atoms with Crippen LogP contribution in [0.4, 0.5) is 0 Å². The van der Waals surface area contributed by atoms with E-state index in [-0.39, 0.29) is 0 Å². The van der Waals surface area contributed by atoms with Gasteiger partial charge >= 0.3 is 0 Å². The first-order valence-electron chi connectivity index (χ1n) is 8.54. The SMILES string of the molecule is COc1cc(-c2ccc3c(c2)-c2ccnc(C)c2C3)cc(OC)c1OC. The molecular formula is C22H21NO3. The first-order valence-corrected chi connectivity index (χ1v) is 8.54. The summed E-state index contributed by atoms with van der Waals surface area (Å²) in [5.74, 6) is 1.91. The fraction of sp³-hybridized carbons (Fsp3) is 0.227. The largest absolute Gasteiger partial charge is 0.493 e. The van der Waals surface area contributed by atoms with Crippen molar-refractivity contribution in [2.75, 3.05) is 21.3 Å². The minimum atomic E-state index is 0.604. The van der Waals surface area contributed by atoms with Gasteiger partial charge in [-0.25, -0.2) is 0 Å². The topological polar surface area (TPSA) is 40.6 Å². The molecule has 0 radical (unpaired) electrons. The lowest BCUT2D eigenvalue weighted by atomic mass is 9.98. The molecule has 0 unspecified atom stereocenters. The molecule has 2 aromatic carbocycles. The van der Waals surface area contributed by atoms with Crippen LogP contribution < -0.4 is 14.2 Å². The summed E-state index contributed by atoms with van der Waals surface area (Å²) in [7, 11) is 4.88. The average molecular weight is 347 g/mol. The van der Waals surface area contributed by atoms with E-state index >= 15 is 0 Å². The molecule has 1 aliphatic rings. The zero-order chi connectivity index (χ0) is 18.3.